The van der Waals surface area contributed by atoms with Crippen molar-refractivity contribution in [2.75, 3.05) is 13.2 Å². The van der Waals surface area contributed by atoms with Crippen molar-refractivity contribution in [3.8, 4) is 5.75 Å². The van der Waals surface area contributed by atoms with Gasteiger partial charge in [-0.3, -0.25) is 11.3 Å². The van der Waals surface area contributed by atoms with E-state index in [2.05, 4.69) is 11.5 Å². The van der Waals surface area contributed by atoms with Gasteiger partial charge in [-0.05, 0) is 26.3 Å². The first-order chi connectivity index (χ1) is 8.51. The van der Waals surface area contributed by atoms with E-state index in [-0.39, 0.29) is 11.6 Å². The monoisotopic (exact) mass is 250 g/mol. The molecule has 100 valence electrons. The van der Waals surface area contributed by atoms with E-state index in [1.54, 1.807) is 0 Å². The third-order valence-corrected chi connectivity index (χ3v) is 3.00. The lowest BCUT2D eigenvalue weighted by Crippen LogP contribution is -2.34. The number of benzene rings is 1. The molecule has 1 heterocycles. The summed E-state index contributed by atoms with van der Waals surface area (Å²) < 4.78 is 11.5. The van der Waals surface area contributed by atoms with Crippen LogP contribution in [0.25, 0.3) is 0 Å². The van der Waals surface area contributed by atoms with Gasteiger partial charge in [0.25, 0.3) is 0 Å². The Morgan fingerprint density at radius 2 is 2.22 bits per heavy atom. The number of hydrogen-bond donors (Lipinski definition) is 2. The molecule has 0 radical (unpaired) electrons. The Bertz CT molecular complexity index is 413. The van der Waals surface area contributed by atoms with Crippen molar-refractivity contribution in [2.24, 2.45) is 5.84 Å². The highest BCUT2D eigenvalue weighted by molar-refractivity contribution is 5.45. The van der Waals surface area contributed by atoms with Crippen LogP contribution in [0, 0.1) is 0 Å². The van der Waals surface area contributed by atoms with Crippen molar-refractivity contribution in [3.05, 3.63) is 29.3 Å². The summed E-state index contributed by atoms with van der Waals surface area (Å²) in [7, 11) is 0. The first-order valence-electron chi connectivity index (χ1n) is 6.36. The van der Waals surface area contributed by atoms with E-state index in [0.717, 1.165) is 24.3 Å². The summed E-state index contributed by atoms with van der Waals surface area (Å²) in [5, 5.41) is 0. The second kappa shape index (κ2) is 5.26. The van der Waals surface area contributed by atoms with Gasteiger partial charge < -0.3 is 9.47 Å². The van der Waals surface area contributed by atoms with Crippen molar-refractivity contribution in [2.45, 2.75) is 38.8 Å². The van der Waals surface area contributed by atoms with Gasteiger partial charge in [0, 0.05) is 12.0 Å². The smallest absolute Gasteiger partial charge is 0.127 e. The van der Waals surface area contributed by atoms with Crippen LogP contribution in [-0.4, -0.2) is 18.8 Å². The normalized spacial score (nSPS) is 16.2. The summed E-state index contributed by atoms with van der Waals surface area (Å²) in [5.41, 5.74) is 4.98. The largest absolute Gasteiger partial charge is 0.493 e. The highest BCUT2D eigenvalue weighted by atomic mass is 16.5. The molecule has 0 aliphatic carbocycles. The third-order valence-electron chi connectivity index (χ3n) is 3.00. The Morgan fingerprint density at radius 1 is 1.44 bits per heavy atom. The van der Waals surface area contributed by atoms with E-state index in [0.29, 0.717) is 6.61 Å². The predicted octanol–water partition coefficient (Wildman–Crippen LogP) is 1.94. The van der Waals surface area contributed by atoms with E-state index >= 15 is 0 Å². The molecule has 4 heteroatoms. The van der Waals surface area contributed by atoms with Crippen LogP contribution < -0.4 is 16.0 Å². The summed E-state index contributed by atoms with van der Waals surface area (Å²) in [5.74, 6) is 6.61. The SMILES string of the molecule is CC(C)(C)OCC(NN)c1cccc2c1OCC2. The van der Waals surface area contributed by atoms with Crippen LogP contribution in [0.1, 0.15) is 37.9 Å². The molecule has 1 aromatic carbocycles. The maximum atomic E-state index is 5.80. The number of para-hydroxylation sites is 1. The molecule has 2 rings (SSSR count). The van der Waals surface area contributed by atoms with Crippen LogP contribution in [0.5, 0.6) is 5.75 Å². The second-order valence-electron chi connectivity index (χ2n) is 5.58. The first-order valence-corrected chi connectivity index (χ1v) is 6.36. The number of hydrogen-bond acceptors (Lipinski definition) is 4. The summed E-state index contributed by atoms with van der Waals surface area (Å²) in [6, 6.07) is 6.15. The molecule has 1 aliphatic rings. The zero-order valence-electron chi connectivity index (χ0n) is 11.3. The number of hydrazine groups is 1. The third kappa shape index (κ3) is 3.02. The Morgan fingerprint density at radius 3 is 2.89 bits per heavy atom. The highest BCUT2D eigenvalue weighted by Crippen LogP contribution is 2.33. The van der Waals surface area contributed by atoms with Gasteiger partial charge >= 0.3 is 0 Å². The van der Waals surface area contributed by atoms with Gasteiger partial charge in [0.15, 0.2) is 0 Å². The Hall–Kier alpha value is -1.10. The lowest BCUT2D eigenvalue weighted by molar-refractivity contribution is -0.0150. The van der Waals surface area contributed by atoms with Gasteiger partial charge in [0.05, 0.1) is 24.9 Å². The van der Waals surface area contributed by atoms with Gasteiger partial charge in [-0.25, -0.2) is 0 Å². The molecular weight excluding hydrogens is 228 g/mol. The Labute approximate surface area is 108 Å². The van der Waals surface area contributed by atoms with Gasteiger partial charge in [0.1, 0.15) is 5.75 Å². The number of fused-ring (bicyclic) bond motifs is 1. The van der Waals surface area contributed by atoms with Crippen LogP contribution >= 0.6 is 0 Å². The molecule has 0 amide bonds. The zero-order valence-corrected chi connectivity index (χ0v) is 11.3. The summed E-state index contributed by atoms with van der Waals surface area (Å²) in [4.78, 5) is 0. The van der Waals surface area contributed by atoms with Crippen molar-refractivity contribution in [1.29, 1.82) is 0 Å². The van der Waals surface area contributed by atoms with E-state index in [9.17, 15) is 0 Å². The quantitative estimate of drug-likeness (QED) is 0.633. The fourth-order valence-electron chi connectivity index (χ4n) is 2.08. The van der Waals surface area contributed by atoms with Crippen LogP contribution in [0.2, 0.25) is 0 Å². The summed E-state index contributed by atoms with van der Waals surface area (Å²) in [6.07, 6.45) is 0.973. The zero-order chi connectivity index (χ0) is 13.2. The molecule has 0 bridgehead atoms. The molecule has 18 heavy (non-hydrogen) atoms. The first kappa shape index (κ1) is 13.3. The maximum Gasteiger partial charge on any atom is 0.127 e. The molecule has 4 nitrogen and oxygen atoms in total. The van der Waals surface area contributed by atoms with Crippen LogP contribution in [0.3, 0.4) is 0 Å². The minimum absolute atomic E-state index is 0.0442. The number of nitrogens with two attached hydrogens (primary N) is 1. The molecule has 0 saturated heterocycles. The average molecular weight is 250 g/mol. The summed E-state index contributed by atoms with van der Waals surface area (Å²) >= 11 is 0. The number of nitrogens with one attached hydrogen (secondary N) is 1. The van der Waals surface area contributed by atoms with E-state index in [4.69, 9.17) is 15.3 Å². The van der Waals surface area contributed by atoms with Crippen molar-refractivity contribution >= 4 is 0 Å². The van der Waals surface area contributed by atoms with Crippen molar-refractivity contribution in [3.63, 3.8) is 0 Å². The fourth-order valence-corrected chi connectivity index (χ4v) is 2.08. The van der Waals surface area contributed by atoms with Gasteiger partial charge in [-0.2, -0.15) is 0 Å². The Kier molecular flexibility index (Phi) is 3.90. The molecule has 3 N–H and O–H groups in total. The topological polar surface area (TPSA) is 56.5 Å². The molecule has 1 aromatic rings. The Balaban J connectivity index is 2.15. The van der Waals surface area contributed by atoms with Gasteiger partial charge in [-0.1, -0.05) is 18.2 Å². The summed E-state index contributed by atoms with van der Waals surface area (Å²) in [6.45, 7) is 7.38. The molecule has 1 aliphatic heterocycles. The minimum Gasteiger partial charge on any atom is -0.493 e. The van der Waals surface area contributed by atoms with E-state index in [1.165, 1.54) is 5.56 Å². The maximum absolute atomic E-state index is 5.80. The standard InChI is InChI=1S/C14H22N2O2/c1-14(2,3)18-9-12(16-15)11-6-4-5-10-7-8-17-13(10)11/h4-6,12,16H,7-9,15H2,1-3H3. The average Bonchev–Trinajstić information content (AvgIpc) is 2.77. The molecule has 0 fully saturated rings. The molecular formula is C14H22N2O2. The van der Waals surface area contributed by atoms with Crippen molar-refractivity contribution < 1.29 is 9.47 Å². The van der Waals surface area contributed by atoms with Crippen LogP contribution in [0.4, 0.5) is 0 Å². The lowest BCUT2D eigenvalue weighted by Gasteiger charge is -2.25. The minimum atomic E-state index is -0.173. The molecule has 1 unspecified atom stereocenters. The number of rotatable bonds is 4. The molecule has 0 saturated carbocycles. The van der Waals surface area contributed by atoms with Gasteiger partial charge in [0.2, 0.25) is 0 Å². The second-order valence-corrected chi connectivity index (χ2v) is 5.58. The van der Waals surface area contributed by atoms with E-state index in [1.807, 2.05) is 32.9 Å². The van der Waals surface area contributed by atoms with Gasteiger partial charge in [-0.15, -0.1) is 0 Å². The van der Waals surface area contributed by atoms with Crippen molar-refractivity contribution in [1.82, 2.24) is 5.43 Å². The molecule has 0 spiro atoms. The number of ether oxygens (including phenoxy) is 2. The van der Waals surface area contributed by atoms with E-state index < -0.39 is 0 Å². The van der Waals surface area contributed by atoms with Crippen LogP contribution in [0.15, 0.2) is 18.2 Å². The molecule has 1 atom stereocenters. The van der Waals surface area contributed by atoms with Crippen LogP contribution in [-0.2, 0) is 11.2 Å². The predicted molar refractivity (Wildman–Crippen MR) is 71.4 cm³/mol. The highest BCUT2D eigenvalue weighted by Gasteiger charge is 2.23. The fraction of sp³-hybridized carbons (Fsp3) is 0.571. The lowest BCUT2D eigenvalue weighted by atomic mass is 10.0. The molecule has 0 aromatic heterocycles.